The number of piperazine rings is 1. The highest BCUT2D eigenvalue weighted by molar-refractivity contribution is 6.13. The maximum atomic E-state index is 12.4. The van der Waals surface area contributed by atoms with Crippen LogP contribution in [0.25, 0.3) is 0 Å². The second-order valence-electron chi connectivity index (χ2n) is 7.26. The van der Waals surface area contributed by atoms with Crippen LogP contribution in [0.15, 0.2) is 12.2 Å². The minimum absolute atomic E-state index is 0.00372. The summed E-state index contributed by atoms with van der Waals surface area (Å²) in [6.45, 7) is 5.71. The molecule has 144 valence electrons. The van der Waals surface area contributed by atoms with E-state index in [2.05, 4.69) is 0 Å². The van der Waals surface area contributed by atoms with Gasteiger partial charge >= 0.3 is 6.09 Å². The molecule has 0 aromatic heterocycles. The fraction of sp³-hybridized carbons (Fsp3) is 0.647. The van der Waals surface area contributed by atoms with E-state index in [1.165, 1.54) is 22.0 Å². The van der Waals surface area contributed by atoms with E-state index in [9.17, 15) is 24.3 Å². The average Bonchev–Trinajstić information content (AvgIpc) is 2.88. The Morgan fingerprint density at radius 3 is 2.35 bits per heavy atom. The van der Waals surface area contributed by atoms with Gasteiger partial charge in [0, 0.05) is 44.8 Å². The maximum absolute atomic E-state index is 12.4. The summed E-state index contributed by atoms with van der Waals surface area (Å²) in [5.41, 5.74) is -0.646. The van der Waals surface area contributed by atoms with Crippen molar-refractivity contribution < 1.29 is 29.0 Å². The van der Waals surface area contributed by atoms with Crippen LogP contribution in [-0.4, -0.2) is 88.0 Å². The summed E-state index contributed by atoms with van der Waals surface area (Å²) in [4.78, 5) is 51.6. The van der Waals surface area contributed by atoms with Crippen LogP contribution in [0, 0.1) is 0 Å². The van der Waals surface area contributed by atoms with E-state index in [0.29, 0.717) is 6.54 Å². The Morgan fingerprint density at radius 2 is 1.81 bits per heavy atom. The third-order valence-electron chi connectivity index (χ3n) is 4.12. The highest BCUT2D eigenvalue weighted by atomic mass is 16.6. The number of imide groups is 1. The van der Waals surface area contributed by atoms with Gasteiger partial charge in [0.2, 0.25) is 5.91 Å². The molecule has 26 heavy (non-hydrogen) atoms. The normalized spacial score (nSPS) is 20.8. The first-order valence-corrected chi connectivity index (χ1v) is 8.54. The van der Waals surface area contributed by atoms with Gasteiger partial charge in [0.25, 0.3) is 11.8 Å². The molecule has 0 bridgehead atoms. The van der Waals surface area contributed by atoms with Crippen molar-refractivity contribution in [3.05, 3.63) is 12.2 Å². The van der Waals surface area contributed by atoms with Gasteiger partial charge in [-0.2, -0.15) is 0 Å². The predicted octanol–water partition coefficient (Wildman–Crippen LogP) is -0.258. The Morgan fingerprint density at radius 1 is 1.19 bits per heavy atom. The number of hydrogen-bond acceptors (Lipinski definition) is 6. The lowest BCUT2D eigenvalue weighted by Crippen LogP contribution is -2.58. The summed E-state index contributed by atoms with van der Waals surface area (Å²) >= 11 is 0. The van der Waals surface area contributed by atoms with E-state index >= 15 is 0 Å². The molecule has 0 aromatic carbocycles. The number of ether oxygens (including phenoxy) is 1. The van der Waals surface area contributed by atoms with Crippen LogP contribution in [0.3, 0.4) is 0 Å². The van der Waals surface area contributed by atoms with Gasteiger partial charge in [0.05, 0.1) is 12.6 Å². The highest BCUT2D eigenvalue weighted by Crippen LogP contribution is 2.16. The van der Waals surface area contributed by atoms with E-state index < -0.39 is 29.6 Å². The summed E-state index contributed by atoms with van der Waals surface area (Å²) in [6.07, 6.45) is 1.83. The van der Waals surface area contributed by atoms with Crippen molar-refractivity contribution in [2.75, 3.05) is 32.8 Å². The molecule has 2 aliphatic heterocycles. The molecule has 2 heterocycles. The lowest BCUT2D eigenvalue weighted by Gasteiger charge is -2.41. The number of carbonyl (C=O) groups is 4. The largest absolute Gasteiger partial charge is 0.444 e. The van der Waals surface area contributed by atoms with Gasteiger partial charge in [-0.05, 0) is 20.8 Å². The first kappa shape index (κ1) is 19.9. The number of aliphatic hydroxyl groups is 1. The Kier molecular flexibility index (Phi) is 6.01. The molecule has 0 aliphatic carbocycles. The molecule has 4 amide bonds. The summed E-state index contributed by atoms with van der Waals surface area (Å²) < 4.78 is 5.33. The van der Waals surface area contributed by atoms with E-state index in [1.807, 2.05) is 0 Å². The molecule has 2 rings (SSSR count). The summed E-state index contributed by atoms with van der Waals surface area (Å²) in [6, 6.07) is -0.556. The molecule has 0 saturated carbocycles. The summed E-state index contributed by atoms with van der Waals surface area (Å²) in [5, 5.41) is 9.59. The van der Waals surface area contributed by atoms with Gasteiger partial charge in [-0.25, -0.2) is 4.79 Å². The van der Waals surface area contributed by atoms with Gasteiger partial charge in [0.15, 0.2) is 0 Å². The molecular formula is C17H25N3O6. The van der Waals surface area contributed by atoms with Crippen LogP contribution >= 0.6 is 0 Å². The second kappa shape index (κ2) is 7.86. The van der Waals surface area contributed by atoms with Gasteiger partial charge in [0.1, 0.15) is 5.60 Å². The van der Waals surface area contributed by atoms with Gasteiger partial charge in [-0.15, -0.1) is 0 Å². The fourth-order valence-electron chi connectivity index (χ4n) is 2.82. The van der Waals surface area contributed by atoms with E-state index in [1.54, 1.807) is 20.8 Å². The van der Waals surface area contributed by atoms with Crippen LogP contribution in [0.2, 0.25) is 0 Å². The zero-order valence-corrected chi connectivity index (χ0v) is 15.3. The quantitative estimate of drug-likeness (QED) is 0.686. The van der Waals surface area contributed by atoms with Crippen molar-refractivity contribution in [2.45, 2.75) is 38.8 Å². The molecule has 1 N–H and O–H groups in total. The molecular weight excluding hydrogens is 342 g/mol. The Hall–Kier alpha value is -2.42. The first-order valence-electron chi connectivity index (χ1n) is 8.54. The van der Waals surface area contributed by atoms with Crippen LogP contribution < -0.4 is 0 Å². The molecule has 0 spiro atoms. The van der Waals surface area contributed by atoms with Crippen molar-refractivity contribution in [3.63, 3.8) is 0 Å². The topological polar surface area (TPSA) is 107 Å². The zero-order valence-electron chi connectivity index (χ0n) is 15.3. The molecule has 1 atom stereocenters. The molecule has 0 aromatic rings. The fourth-order valence-corrected chi connectivity index (χ4v) is 2.82. The highest BCUT2D eigenvalue weighted by Gasteiger charge is 2.35. The molecule has 1 saturated heterocycles. The molecule has 9 heteroatoms. The Labute approximate surface area is 152 Å². The average molecular weight is 367 g/mol. The van der Waals surface area contributed by atoms with Crippen molar-refractivity contribution in [2.24, 2.45) is 0 Å². The maximum Gasteiger partial charge on any atom is 0.410 e. The monoisotopic (exact) mass is 367 g/mol. The zero-order chi connectivity index (χ0) is 19.5. The second-order valence-corrected chi connectivity index (χ2v) is 7.26. The predicted molar refractivity (Wildman–Crippen MR) is 90.9 cm³/mol. The van der Waals surface area contributed by atoms with Crippen LogP contribution in [0.1, 0.15) is 27.2 Å². The standard InChI is InChI=1S/C17H25N3O6/c1-17(2,3)26-16(25)19-9-8-18(10-12(19)11-21)13(22)6-7-20-14(23)4-5-15(20)24/h4-5,12,21H,6-11H2,1-3H3. The van der Waals surface area contributed by atoms with E-state index in [-0.39, 0.29) is 38.6 Å². The summed E-state index contributed by atoms with van der Waals surface area (Å²) in [5.74, 6) is -1.09. The molecule has 0 radical (unpaired) electrons. The number of rotatable bonds is 4. The van der Waals surface area contributed by atoms with Crippen LogP contribution in [0.5, 0.6) is 0 Å². The third kappa shape index (κ3) is 4.81. The lowest BCUT2D eigenvalue weighted by molar-refractivity contribution is -0.139. The Bertz CT molecular complexity index is 606. The number of amides is 4. The minimum atomic E-state index is -0.646. The van der Waals surface area contributed by atoms with Crippen molar-refractivity contribution in [3.8, 4) is 0 Å². The van der Waals surface area contributed by atoms with E-state index in [4.69, 9.17) is 4.74 Å². The van der Waals surface area contributed by atoms with Crippen LogP contribution in [-0.2, 0) is 19.1 Å². The van der Waals surface area contributed by atoms with Crippen LogP contribution in [0.4, 0.5) is 4.79 Å². The number of hydrogen-bond donors (Lipinski definition) is 1. The van der Waals surface area contributed by atoms with Crippen molar-refractivity contribution in [1.29, 1.82) is 0 Å². The van der Waals surface area contributed by atoms with Crippen molar-refractivity contribution in [1.82, 2.24) is 14.7 Å². The van der Waals surface area contributed by atoms with Gasteiger partial charge < -0.3 is 14.7 Å². The number of carbonyl (C=O) groups excluding carboxylic acids is 4. The number of aliphatic hydroxyl groups excluding tert-OH is 1. The van der Waals surface area contributed by atoms with Crippen molar-refractivity contribution >= 4 is 23.8 Å². The first-order chi connectivity index (χ1) is 12.1. The smallest absolute Gasteiger partial charge is 0.410 e. The van der Waals surface area contributed by atoms with Gasteiger partial charge in [-0.3, -0.25) is 24.2 Å². The third-order valence-corrected chi connectivity index (χ3v) is 4.12. The molecule has 9 nitrogen and oxygen atoms in total. The summed E-state index contributed by atoms with van der Waals surface area (Å²) in [7, 11) is 0. The molecule has 1 fully saturated rings. The lowest BCUT2D eigenvalue weighted by atomic mass is 10.1. The molecule has 2 aliphatic rings. The number of nitrogens with zero attached hydrogens (tertiary/aromatic N) is 3. The Balaban J connectivity index is 1.89. The van der Waals surface area contributed by atoms with Gasteiger partial charge in [-0.1, -0.05) is 0 Å². The SMILES string of the molecule is CC(C)(C)OC(=O)N1CCN(C(=O)CCN2C(=O)C=CC2=O)CC1CO. The minimum Gasteiger partial charge on any atom is -0.444 e. The molecule has 1 unspecified atom stereocenters. The van der Waals surface area contributed by atoms with E-state index in [0.717, 1.165) is 4.90 Å².